The molecule has 0 spiro atoms. The Hall–Kier alpha value is -2.57. The molecule has 7 nitrogen and oxygen atoms in total. The lowest BCUT2D eigenvalue weighted by molar-refractivity contribution is -0.151. The number of amides is 1. The molecule has 1 saturated heterocycles. The van der Waals surface area contributed by atoms with E-state index in [4.69, 9.17) is 15.3 Å². The third-order valence-electron chi connectivity index (χ3n) is 3.71. The Kier molecular flexibility index (Phi) is 6.01. The number of ether oxygens (including phenoxy) is 1. The Labute approximate surface area is 147 Å². The Bertz CT molecular complexity index is 637. The summed E-state index contributed by atoms with van der Waals surface area (Å²) in [4.78, 5) is 31.1. The van der Waals surface area contributed by atoms with Crippen LogP contribution in [0.15, 0.2) is 35.5 Å². The Morgan fingerprint density at radius 1 is 1.20 bits per heavy atom. The van der Waals surface area contributed by atoms with Crippen molar-refractivity contribution in [3.05, 3.63) is 35.9 Å². The van der Waals surface area contributed by atoms with Gasteiger partial charge in [0.25, 0.3) is 0 Å². The molecule has 0 radical (unpaired) electrons. The Morgan fingerprint density at radius 2 is 1.88 bits per heavy atom. The van der Waals surface area contributed by atoms with Gasteiger partial charge in [-0.2, -0.15) is 0 Å². The van der Waals surface area contributed by atoms with Crippen LogP contribution in [-0.4, -0.2) is 41.0 Å². The van der Waals surface area contributed by atoms with E-state index in [1.54, 1.807) is 32.9 Å². The number of amidine groups is 1. The molecule has 136 valence electrons. The normalized spacial score (nSPS) is 18.6. The van der Waals surface area contributed by atoms with Crippen molar-refractivity contribution in [2.75, 3.05) is 6.54 Å². The summed E-state index contributed by atoms with van der Waals surface area (Å²) in [5.41, 5.74) is 5.85. The van der Waals surface area contributed by atoms with Crippen LogP contribution >= 0.6 is 0 Å². The van der Waals surface area contributed by atoms with Crippen molar-refractivity contribution in [1.29, 1.82) is 0 Å². The summed E-state index contributed by atoms with van der Waals surface area (Å²) in [6.45, 7) is 5.81. The third kappa shape index (κ3) is 5.48. The predicted molar refractivity (Wildman–Crippen MR) is 93.8 cm³/mol. The summed E-state index contributed by atoms with van der Waals surface area (Å²) >= 11 is 0. The average molecular weight is 347 g/mol. The molecule has 1 atom stereocenters. The number of piperidine rings is 1. The lowest BCUT2D eigenvalue weighted by Crippen LogP contribution is -2.50. The van der Waals surface area contributed by atoms with E-state index in [-0.39, 0.29) is 5.84 Å². The smallest absolute Gasteiger partial charge is 0.411 e. The minimum atomic E-state index is -0.712. The molecule has 0 aliphatic carbocycles. The van der Waals surface area contributed by atoms with Crippen molar-refractivity contribution >= 4 is 17.9 Å². The first-order valence-corrected chi connectivity index (χ1v) is 8.37. The van der Waals surface area contributed by atoms with Crippen molar-refractivity contribution in [2.24, 2.45) is 10.9 Å². The number of likely N-dealkylation sites (tertiary alicyclic amines) is 1. The molecule has 1 aliphatic heterocycles. The molecule has 1 aromatic carbocycles. The van der Waals surface area contributed by atoms with Crippen molar-refractivity contribution in [2.45, 2.75) is 51.7 Å². The van der Waals surface area contributed by atoms with E-state index in [2.05, 4.69) is 5.16 Å². The van der Waals surface area contributed by atoms with Gasteiger partial charge in [0.2, 0.25) is 0 Å². The molecule has 2 rings (SSSR count). The highest BCUT2D eigenvalue weighted by Crippen LogP contribution is 2.21. The summed E-state index contributed by atoms with van der Waals surface area (Å²) < 4.78 is 5.37. The number of benzene rings is 1. The zero-order chi connectivity index (χ0) is 18.4. The van der Waals surface area contributed by atoms with Gasteiger partial charge < -0.3 is 15.3 Å². The number of oxime groups is 1. The molecular formula is C18H25N3O4. The molecule has 0 saturated carbocycles. The van der Waals surface area contributed by atoms with Gasteiger partial charge in [-0.1, -0.05) is 35.5 Å². The van der Waals surface area contributed by atoms with Crippen molar-refractivity contribution in [1.82, 2.24) is 4.90 Å². The lowest BCUT2D eigenvalue weighted by Gasteiger charge is -2.34. The van der Waals surface area contributed by atoms with E-state index in [0.29, 0.717) is 18.5 Å². The van der Waals surface area contributed by atoms with Gasteiger partial charge in [-0.05, 0) is 40.0 Å². The van der Waals surface area contributed by atoms with E-state index in [0.717, 1.165) is 12.8 Å². The average Bonchev–Trinajstić information content (AvgIpc) is 2.58. The van der Waals surface area contributed by atoms with Crippen LogP contribution in [0.5, 0.6) is 0 Å². The van der Waals surface area contributed by atoms with Crippen molar-refractivity contribution < 1.29 is 19.2 Å². The van der Waals surface area contributed by atoms with E-state index in [9.17, 15) is 9.59 Å². The Balaban J connectivity index is 2.04. The third-order valence-corrected chi connectivity index (χ3v) is 3.71. The fourth-order valence-corrected chi connectivity index (χ4v) is 2.53. The molecule has 2 N–H and O–H groups in total. The van der Waals surface area contributed by atoms with Gasteiger partial charge in [-0.15, -0.1) is 0 Å². The van der Waals surface area contributed by atoms with Gasteiger partial charge in [0, 0.05) is 12.1 Å². The number of rotatable bonds is 3. The molecule has 25 heavy (non-hydrogen) atoms. The maximum Gasteiger partial charge on any atom is 0.411 e. The van der Waals surface area contributed by atoms with Gasteiger partial charge in [0.15, 0.2) is 5.84 Å². The first-order valence-electron chi connectivity index (χ1n) is 8.37. The van der Waals surface area contributed by atoms with Crippen LogP contribution in [0.25, 0.3) is 0 Å². The minimum absolute atomic E-state index is 0.105. The minimum Gasteiger partial charge on any atom is -0.444 e. The van der Waals surface area contributed by atoms with Crippen LogP contribution < -0.4 is 5.73 Å². The molecule has 0 aromatic heterocycles. The number of hydrogen-bond donors (Lipinski definition) is 1. The van der Waals surface area contributed by atoms with Gasteiger partial charge >= 0.3 is 12.1 Å². The highest BCUT2D eigenvalue weighted by Gasteiger charge is 2.36. The zero-order valence-corrected chi connectivity index (χ0v) is 14.9. The van der Waals surface area contributed by atoms with E-state index in [1.807, 2.05) is 18.2 Å². The Morgan fingerprint density at radius 3 is 2.52 bits per heavy atom. The van der Waals surface area contributed by atoms with Crippen LogP contribution in [0.4, 0.5) is 4.79 Å². The fraction of sp³-hybridized carbons (Fsp3) is 0.500. The second kappa shape index (κ2) is 8.00. The van der Waals surface area contributed by atoms with E-state index < -0.39 is 23.7 Å². The standard InChI is InChI=1S/C18H25N3O4/c1-18(2,3)24-17(23)21-12-8-7-11-14(21)16(22)25-20-15(19)13-9-5-4-6-10-13/h4-6,9-10,14H,7-8,11-12H2,1-3H3,(H2,19,20)/t14-/m0/s1. The van der Waals surface area contributed by atoms with Gasteiger partial charge in [-0.25, -0.2) is 9.59 Å². The number of nitrogens with two attached hydrogens (primary N) is 1. The SMILES string of the molecule is CC(C)(C)OC(=O)N1CCCC[C@H]1C(=O)ON=C(N)c1ccccc1. The number of carbonyl (C=O) groups excluding carboxylic acids is 2. The highest BCUT2D eigenvalue weighted by atomic mass is 16.7. The molecule has 0 unspecified atom stereocenters. The van der Waals surface area contributed by atoms with Gasteiger partial charge in [-0.3, -0.25) is 4.90 Å². The molecule has 1 aliphatic rings. The van der Waals surface area contributed by atoms with Gasteiger partial charge in [0.05, 0.1) is 0 Å². The quantitative estimate of drug-likeness (QED) is 0.392. The molecule has 0 bridgehead atoms. The molecule has 1 amide bonds. The van der Waals surface area contributed by atoms with E-state index in [1.165, 1.54) is 4.90 Å². The van der Waals surface area contributed by atoms with Crippen LogP contribution in [-0.2, 0) is 14.4 Å². The second-order valence-corrected chi connectivity index (χ2v) is 6.94. The second-order valence-electron chi connectivity index (χ2n) is 6.94. The number of carbonyl (C=O) groups is 2. The molecule has 1 aromatic rings. The van der Waals surface area contributed by atoms with Crippen LogP contribution in [0.2, 0.25) is 0 Å². The fourth-order valence-electron chi connectivity index (χ4n) is 2.53. The summed E-state index contributed by atoms with van der Waals surface area (Å²) in [6.07, 6.45) is 1.64. The zero-order valence-electron chi connectivity index (χ0n) is 14.9. The summed E-state index contributed by atoms with van der Waals surface area (Å²) in [7, 11) is 0. The maximum atomic E-state index is 12.4. The first-order chi connectivity index (χ1) is 11.8. The van der Waals surface area contributed by atoms with Crippen molar-refractivity contribution in [3.63, 3.8) is 0 Å². The topological polar surface area (TPSA) is 94.2 Å². The van der Waals surface area contributed by atoms with E-state index >= 15 is 0 Å². The lowest BCUT2D eigenvalue weighted by atomic mass is 10.0. The monoisotopic (exact) mass is 347 g/mol. The summed E-state index contributed by atoms with van der Waals surface area (Å²) in [5.74, 6) is -0.502. The molecular weight excluding hydrogens is 322 g/mol. The summed E-state index contributed by atoms with van der Waals surface area (Å²) in [5, 5.41) is 3.70. The van der Waals surface area contributed by atoms with Crippen LogP contribution in [0, 0.1) is 0 Å². The largest absolute Gasteiger partial charge is 0.444 e. The highest BCUT2D eigenvalue weighted by molar-refractivity contribution is 5.97. The number of hydrogen-bond acceptors (Lipinski definition) is 5. The summed E-state index contributed by atoms with van der Waals surface area (Å²) in [6, 6.07) is 8.29. The molecule has 7 heteroatoms. The maximum absolute atomic E-state index is 12.4. The van der Waals surface area contributed by atoms with Crippen molar-refractivity contribution in [3.8, 4) is 0 Å². The predicted octanol–water partition coefficient (Wildman–Crippen LogP) is 2.64. The molecule has 1 fully saturated rings. The van der Waals surface area contributed by atoms with Crippen LogP contribution in [0.3, 0.4) is 0 Å². The van der Waals surface area contributed by atoms with Crippen LogP contribution in [0.1, 0.15) is 45.6 Å². The van der Waals surface area contributed by atoms with Gasteiger partial charge in [0.1, 0.15) is 11.6 Å². The number of nitrogens with zero attached hydrogens (tertiary/aromatic N) is 2. The molecule has 1 heterocycles. The first kappa shape index (κ1) is 18.8.